The summed E-state index contributed by atoms with van der Waals surface area (Å²) < 4.78 is 24.8. The SMILES string of the molecule is CNCc1ccc(OCC2CCC(C)O2)c(F)c1. The molecule has 0 aromatic heterocycles. The Morgan fingerprint density at radius 2 is 2.28 bits per heavy atom. The van der Waals surface area contributed by atoms with Crippen LogP contribution in [-0.4, -0.2) is 25.9 Å². The first-order valence-electron chi connectivity index (χ1n) is 6.40. The van der Waals surface area contributed by atoms with E-state index in [0.717, 1.165) is 18.4 Å². The van der Waals surface area contributed by atoms with Crippen molar-refractivity contribution in [3.05, 3.63) is 29.6 Å². The van der Waals surface area contributed by atoms with Crippen molar-refractivity contribution in [2.75, 3.05) is 13.7 Å². The quantitative estimate of drug-likeness (QED) is 0.874. The Morgan fingerprint density at radius 1 is 1.44 bits per heavy atom. The zero-order valence-electron chi connectivity index (χ0n) is 10.9. The lowest BCUT2D eigenvalue weighted by Crippen LogP contribution is -2.18. The summed E-state index contributed by atoms with van der Waals surface area (Å²) in [7, 11) is 1.83. The molecule has 2 rings (SSSR count). The normalized spacial score (nSPS) is 23.3. The molecule has 18 heavy (non-hydrogen) atoms. The number of rotatable bonds is 5. The fourth-order valence-corrected chi connectivity index (χ4v) is 2.17. The molecule has 100 valence electrons. The number of hydrogen-bond donors (Lipinski definition) is 1. The molecule has 0 aliphatic carbocycles. The maximum absolute atomic E-state index is 13.7. The fraction of sp³-hybridized carbons (Fsp3) is 0.571. The molecular weight excluding hydrogens is 233 g/mol. The summed E-state index contributed by atoms with van der Waals surface area (Å²) in [5, 5.41) is 2.98. The standard InChI is InChI=1S/C14H20FNO2/c1-10-3-5-12(18-10)9-17-14-6-4-11(8-16-2)7-13(14)15/h4,6-7,10,12,16H,3,5,8-9H2,1-2H3. The highest BCUT2D eigenvalue weighted by molar-refractivity contribution is 5.29. The van der Waals surface area contributed by atoms with Crippen LogP contribution in [0.3, 0.4) is 0 Å². The van der Waals surface area contributed by atoms with Crippen LogP contribution in [0.1, 0.15) is 25.3 Å². The van der Waals surface area contributed by atoms with Crippen molar-refractivity contribution in [1.82, 2.24) is 5.32 Å². The van der Waals surface area contributed by atoms with Gasteiger partial charge in [-0.3, -0.25) is 0 Å². The third kappa shape index (κ3) is 3.43. The predicted molar refractivity (Wildman–Crippen MR) is 68.2 cm³/mol. The topological polar surface area (TPSA) is 30.5 Å². The average molecular weight is 253 g/mol. The maximum atomic E-state index is 13.7. The molecule has 2 unspecified atom stereocenters. The Bertz CT molecular complexity index is 397. The molecule has 1 aromatic carbocycles. The Hall–Kier alpha value is -1.13. The van der Waals surface area contributed by atoms with E-state index in [1.807, 2.05) is 20.0 Å². The Balaban J connectivity index is 1.89. The second kappa shape index (κ2) is 6.16. The van der Waals surface area contributed by atoms with E-state index in [2.05, 4.69) is 5.32 Å². The van der Waals surface area contributed by atoms with E-state index in [-0.39, 0.29) is 11.9 Å². The van der Waals surface area contributed by atoms with Crippen LogP contribution >= 0.6 is 0 Å². The Kier molecular flexibility index (Phi) is 4.55. The van der Waals surface area contributed by atoms with Gasteiger partial charge in [0.15, 0.2) is 11.6 Å². The number of hydrogen-bond acceptors (Lipinski definition) is 3. The average Bonchev–Trinajstić information content (AvgIpc) is 2.74. The largest absolute Gasteiger partial charge is 0.488 e. The van der Waals surface area contributed by atoms with Gasteiger partial charge in [0, 0.05) is 6.54 Å². The van der Waals surface area contributed by atoms with Crippen LogP contribution < -0.4 is 10.1 Å². The summed E-state index contributed by atoms with van der Waals surface area (Å²) in [4.78, 5) is 0. The van der Waals surface area contributed by atoms with E-state index in [1.54, 1.807) is 6.07 Å². The molecule has 1 aliphatic heterocycles. The maximum Gasteiger partial charge on any atom is 0.165 e. The number of halogens is 1. The molecule has 1 saturated heterocycles. The number of nitrogens with one attached hydrogen (secondary N) is 1. The molecule has 1 aliphatic rings. The van der Waals surface area contributed by atoms with Gasteiger partial charge in [-0.2, -0.15) is 0 Å². The van der Waals surface area contributed by atoms with Gasteiger partial charge >= 0.3 is 0 Å². The zero-order chi connectivity index (χ0) is 13.0. The molecule has 4 heteroatoms. The molecule has 3 nitrogen and oxygen atoms in total. The van der Waals surface area contributed by atoms with Gasteiger partial charge in [-0.1, -0.05) is 6.07 Å². The Morgan fingerprint density at radius 3 is 2.89 bits per heavy atom. The first-order valence-corrected chi connectivity index (χ1v) is 6.40. The highest BCUT2D eigenvalue weighted by atomic mass is 19.1. The fourth-order valence-electron chi connectivity index (χ4n) is 2.17. The summed E-state index contributed by atoms with van der Waals surface area (Å²) in [5.74, 6) is -0.00759. The lowest BCUT2D eigenvalue weighted by molar-refractivity contribution is 0.0256. The smallest absolute Gasteiger partial charge is 0.165 e. The lowest BCUT2D eigenvalue weighted by Gasteiger charge is -2.13. The van der Waals surface area contributed by atoms with E-state index in [0.29, 0.717) is 25.0 Å². The van der Waals surface area contributed by atoms with Crippen LogP contribution in [0.5, 0.6) is 5.75 Å². The van der Waals surface area contributed by atoms with Gasteiger partial charge in [0.05, 0.1) is 12.2 Å². The molecule has 0 spiro atoms. The monoisotopic (exact) mass is 253 g/mol. The third-order valence-electron chi connectivity index (χ3n) is 3.12. The zero-order valence-corrected chi connectivity index (χ0v) is 10.9. The summed E-state index contributed by atoms with van der Waals surface area (Å²) in [5.41, 5.74) is 0.910. The second-order valence-corrected chi connectivity index (χ2v) is 4.75. The molecule has 1 aromatic rings. The molecule has 1 fully saturated rings. The minimum Gasteiger partial charge on any atom is -0.488 e. The first kappa shape index (κ1) is 13.3. The van der Waals surface area contributed by atoms with Crippen LogP contribution in [0.15, 0.2) is 18.2 Å². The van der Waals surface area contributed by atoms with Crippen molar-refractivity contribution in [2.24, 2.45) is 0 Å². The van der Waals surface area contributed by atoms with Crippen LogP contribution in [0.25, 0.3) is 0 Å². The highest BCUT2D eigenvalue weighted by Crippen LogP contribution is 2.22. The van der Waals surface area contributed by atoms with Crippen LogP contribution in [0.4, 0.5) is 4.39 Å². The van der Waals surface area contributed by atoms with Gasteiger partial charge in [-0.05, 0) is 44.5 Å². The molecule has 1 N–H and O–H groups in total. The highest BCUT2D eigenvalue weighted by Gasteiger charge is 2.22. The summed E-state index contributed by atoms with van der Waals surface area (Å²) >= 11 is 0. The van der Waals surface area contributed by atoms with E-state index in [9.17, 15) is 4.39 Å². The summed E-state index contributed by atoms with van der Waals surface area (Å²) in [6.07, 6.45) is 2.43. The van der Waals surface area contributed by atoms with E-state index in [1.165, 1.54) is 6.07 Å². The van der Waals surface area contributed by atoms with Gasteiger partial charge in [-0.25, -0.2) is 4.39 Å². The van der Waals surface area contributed by atoms with Crippen molar-refractivity contribution in [1.29, 1.82) is 0 Å². The van der Waals surface area contributed by atoms with Gasteiger partial charge in [-0.15, -0.1) is 0 Å². The van der Waals surface area contributed by atoms with Gasteiger partial charge in [0.1, 0.15) is 6.61 Å². The summed E-state index contributed by atoms with van der Waals surface area (Å²) in [6, 6.07) is 5.05. The Labute approximate surface area is 107 Å². The molecule has 0 saturated carbocycles. The van der Waals surface area contributed by atoms with Crippen molar-refractivity contribution in [3.8, 4) is 5.75 Å². The van der Waals surface area contributed by atoms with E-state index < -0.39 is 0 Å². The van der Waals surface area contributed by atoms with Gasteiger partial charge < -0.3 is 14.8 Å². The third-order valence-corrected chi connectivity index (χ3v) is 3.12. The number of ether oxygens (including phenoxy) is 2. The first-order chi connectivity index (χ1) is 8.69. The van der Waals surface area contributed by atoms with Crippen LogP contribution in [0, 0.1) is 5.82 Å². The predicted octanol–water partition coefficient (Wildman–Crippen LogP) is 2.49. The lowest BCUT2D eigenvalue weighted by atomic mass is 10.2. The molecule has 1 heterocycles. The molecule has 0 amide bonds. The van der Waals surface area contributed by atoms with Gasteiger partial charge in [0.2, 0.25) is 0 Å². The minimum absolute atomic E-state index is 0.0939. The van der Waals surface area contributed by atoms with E-state index >= 15 is 0 Å². The molecule has 2 atom stereocenters. The van der Waals surface area contributed by atoms with Crippen molar-refractivity contribution in [3.63, 3.8) is 0 Å². The van der Waals surface area contributed by atoms with Gasteiger partial charge in [0.25, 0.3) is 0 Å². The second-order valence-electron chi connectivity index (χ2n) is 4.75. The van der Waals surface area contributed by atoms with Crippen molar-refractivity contribution in [2.45, 2.75) is 38.5 Å². The number of benzene rings is 1. The van der Waals surface area contributed by atoms with Crippen molar-refractivity contribution < 1.29 is 13.9 Å². The minimum atomic E-state index is -0.311. The van der Waals surface area contributed by atoms with Crippen LogP contribution in [0.2, 0.25) is 0 Å². The molecular formula is C14H20FNO2. The van der Waals surface area contributed by atoms with Crippen LogP contribution in [-0.2, 0) is 11.3 Å². The molecule has 0 radical (unpaired) electrons. The molecule has 0 bridgehead atoms. The van der Waals surface area contributed by atoms with E-state index in [4.69, 9.17) is 9.47 Å². The van der Waals surface area contributed by atoms with Crippen molar-refractivity contribution >= 4 is 0 Å². The summed E-state index contributed by atoms with van der Waals surface area (Å²) in [6.45, 7) is 3.13.